The summed E-state index contributed by atoms with van der Waals surface area (Å²) in [5, 5.41) is 0. The van der Waals surface area contributed by atoms with E-state index in [2.05, 4.69) is 0 Å². The molecule has 1 aliphatic rings. The molecular formula is C17H19ClN2O2. The minimum Gasteiger partial charge on any atom is -0.489 e. The number of rotatable bonds is 4. The van der Waals surface area contributed by atoms with E-state index in [0.717, 1.165) is 17.0 Å². The van der Waals surface area contributed by atoms with Crippen molar-refractivity contribution < 1.29 is 9.53 Å². The fourth-order valence-corrected chi connectivity index (χ4v) is 2.42. The molecule has 0 bridgehead atoms. The molecule has 0 radical (unpaired) electrons. The first-order valence-corrected chi connectivity index (χ1v) is 7.08. The second-order valence-corrected chi connectivity index (χ2v) is 5.15. The summed E-state index contributed by atoms with van der Waals surface area (Å²) in [6.45, 7) is 1.22. The Balaban J connectivity index is 0.00000176. The smallest absolute Gasteiger partial charge is 0.243 e. The third-order valence-corrected chi connectivity index (χ3v) is 3.64. The van der Waals surface area contributed by atoms with E-state index in [1.807, 2.05) is 54.6 Å². The van der Waals surface area contributed by atoms with E-state index in [-0.39, 0.29) is 24.4 Å². The number of benzene rings is 2. The van der Waals surface area contributed by atoms with E-state index in [0.29, 0.717) is 19.6 Å². The Morgan fingerprint density at radius 3 is 2.36 bits per heavy atom. The molecule has 5 heteroatoms. The van der Waals surface area contributed by atoms with E-state index in [1.165, 1.54) is 0 Å². The Labute approximate surface area is 136 Å². The van der Waals surface area contributed by atoms with Crippen LogP contribution < -0.4 is 15.4 Å². The van der Waals surface area contributed by atoms with E-state index in [4.69, 9.17) is 10.5 Å². The number of ether oxygens (including phenoxy) is 1. The molecule has 0 saturated carbocycles. The van der Waals surface area contributed by atoms with Gasteiger partial charge in [0.1, 0.15) is 12.4 Å². The number of amides is 1. The molecule has 0 aliphatic carbocycles. The van der Waals surface area contributed by atoms with Gasteiger partial charge >= 0.3 is 0 Å². The van der Waals surface area contributed by atoms with E-state index in [1.54, 1.807) is 4.90 Å². The van der Waals surface area contributed by atoms with Crippen molar-refractivity contribution in [3.05, 3.63) is 60.2 Å². The maximum Gasteiger partial charge on any atom is 0.243 e. The molecule has 3 rings (SSSR count). The number of hydrogen-bond donors (Lipinski definition) is 1. The number of carbonyl (C=O) groups excluding carboxylic acids is 1. The van der Waals surface area contributed by atoms with Gasteiger partial charge < -0.3 is 15.4 Å². The highest BCUT2D eigenvalue weighted by Gasteiger charge is 2.29. The number of nitrogens with zero attached hydrogens (tertiary/aromatic N) is 1. The molecule has 22 heavy (non-hydrogen) atoms. The van der Waals surface area contributed by atoms with Crippen molar-refractivity contribution >= 4 is 24.0 Å². The van der Waals surface area contributed by atoms with Gasteiger partial charge in [0.15, 0.2) is 0 Å². The lowest BCUT2D eigenvalue weighted by atomic mass is 10.2. The number of nitrogens with two attached hydrogens (primary N) is 1. The topological polar surface area (TPSA) is 55.6 Å². The SMILES string of the molecule is Cl.NC1CCN(c2ccc(OCc3ccccc3)cc2)C1=O. The second kappa shape index (κ2) is 7.29. The first-order chi connectivity index (χ1) is 10.2. The maximum absolute atomic E-state index is 11.9. The zero-order chi connectivity index (χ0) is 14.7. The highest BCUT2D eigenvalue weighted by Crippen LogP contribution is 2.24. The monoisotopic (exact) mass is 318 g/mol. The third kappa shape index (κ3) is 3.59. The Morgan fingerprint density at radius 2 is 1.77 bits per heavy atom. The molecule has 2 aromatic carbocycles. The molecule has 1 saturated heterocycles. The molecule has 4 nitrogen and oxygen atoms in total. The molecule has 1 atom stereocenters. The van der Waals surface area contributed by atoms with Gasteiger partial charge in [-0.3, -0.25) is 4.79 Å². The number of carbonyl (C=O) groups is 1. The Kier molecular flexibility index (Phi) is 5.41. The molecule has 2 N–H and O–H groups in total. The maximum atomic E-state index is 11.9. The van der Waals surface area contributed by atoms with Crippen molar-refractivity contribution in [2.45, 2.75) is 19.1 Å². The number of anilines is 1. The molecule has 1 heterocycles. The molecule has 1 unspecified atom stereocenters. The van der Waals surface area contributed by atoms with Crippen LogP contribution in [0.2, 0.25) is 0 Å². The largest absolute Gasteiger partial charge is 0.489 e. The normalized spacial score (nSPS) is 17.2. The van der Waals surface area contributed by atoms with Gasteiger partial charge in [0.05, 0.1) is 6.04 Å². The molecule has 2 aromatic rings. The quantitative estimate of drug-likeness (QED) is 0.943. The van der Waals surface area contributed by atoms with Gasteiger partial charge in [-0.05, 0) is 36.2 Å². The van der Waals surface area contributed by atoms with Crippen molar-refractivity contribution in [3.63, 3.8) is 0 Å². The molecule has 1 fully saturated rings. The van der Waals surface area contributed by atoms with Crippen LogP contribution >= 0.6 is 12.4 Å². The number of halogens is 1. The van der Waals surface area contributed by atoms with Gasteiger partial charge in [-0.25, -0.2) is 0 Å². The van der Waals surface area contributed by atoms with Crippen LogP contribution in [0.15, 0.2) is 54.6 Å². The second-order valence-electron chi connectivity index (χ2n) is 5.15. The first-order valence-electron chi connectivity index (χ1n) is 7.08. The Morgan fingerprint density at radius 1 is 1.09 bits per heavy atom. The van der Waals surface area contributed by atoms with Crippen LogP contribution in [0, 0.1) is 0 Å². The molecule has 1 aliphatic heterocycles. The van der Waals surface area contributed by atoms with Crippen LogP contribution in [-0.2, 0) is 11.4 Å². The van der Waals surface area contributed by atoms with Crippen LogP contribution in [0.25, 0.3) is 0 Å². The van der Waals surface area contributed by atoms with Crippen molar-refractivity contribution in [1.29, 1.82) is 0 Å². The fourth-order valence-electron chi connectivity index (χ4n) is 2.42. The summed E-state index contributed by atoms with van der Waals surface area (Å²) in [6, 6.07) is 17.2. The number of hydrogen-bond acceptors (Lipinski definition) is 3. The highest BCUT2D eigenvalue weighted by molar-refractivity contribution is 5.99. The third-order valence-electron chi connectivity index (χ3n) is 3.64. The van der Waals surface area contributed by atoms with Crippen LogP contribution in [0.4, 0.5) is 5.69 Å². The van der Waals surface area contributed by atoms with Crippen molar-refractivity contribution in [1.82, 2.24) is 0 Å². The molecule has 0 aromatic heterocycles. The lowest BCUT2D eigenvalue weighted by Gasteiger charge is -2.16. The summed E-state index contributed by atoms with van der Waals surface area (Å²) < 4.78 is 5.73. The summed E-state index contributed by atoms with van der Waals surface area (Å²) in [5.74, 6) is 0.784. The summed E-state index contributed by atoms with van der Waals surface area (Å²) >= 11 is 0. The van der Waals surface area contributed by atoms with Gasteiger partial charge in [-0.1, -0.05) is 30.3 Å². The molecule has 1 amide bonds. The van der Waals surface area contributed by atoms with E-state index >= 15 is 0 Å². The fraction of sp³-hybridized carbons (Fsp3) is 0.235. The highest BCUT2D eigenvalue weighted by atomic mass is 35.5. The minimum atomic E-state index is -0.362. The Hall–Kier alpha value is -2.04. The van der Waals surface area contributed by atoms with Crippen LogP contribution in [0.3, 0.4) is 0 Å². The van der Waals surface area contributed by atoms with Crippen LogP contribution in [0.1, 0.15) is 12.0 Å². The average molecular weight is 319 g/mol. The van der Waals surface area contributed by atoms with Crippen molar-refractivity contribution in [2.24, 2.45) is 5.73 Å². The average Bonchev–Trinajstić information content (AvgIpc) is 2.87. The molecule has 116 valence electrons. The van der Waals surface area contributed by atoms with Gasteiger partial charge in [-0.2, -0.15) is 0 Å². The first kappa shape index (κ1) is 16.3. The molecular weight excluding hydrogens is 300 g/mol. The summed E-state index contributed by atoms with van der Waals surface area (Å²) in [4.78, 5) is 13.6. The van der Waals surface area contributed by atoms with Crippen molar-refractivity contribution in [2.75, 3.05) is 11.4 Å². The summed E-state index contributed by atoms with van der Waals surface area (Å²) in [7, 11) is 0. The Bertz CT molecular complexity index is 616. The van der Waals surface area contributed by atoms with E-state index in [9.17, 15) is 4.79 Å². The summed E-state index contributed by atoms with van der Waals surface area (Å²) in [6.07, 6.45) is 0.713. The predicted molar refractivity (Wildman–Crippen MR) is 89.4 cm³/mol. The van der Waals surface area contributed by atoms with Gasteiger partial charge in [0.2, 0.25) is 5.91 Å². The van der Waals surface area contributed by atoms with Crippen LogP contribution in [0.5, 0.6) is 5.75 Å². The summed E-state index contributed by atoms with van der Waals surface area (Å²) in [5.41, 5.74) is 7.73. The minimum absolute atomic E-state index is 0. The lowest BCUT2D eigenvalue weighted by molar-refractivity contribution is -0.118. The van der Waals surface area contributed by atoms with Gasteiger partial charge in [0, 0.05) is 12.2 Å². The lowest BCUT2D eigenvalue weighted by Crippen LogP contribution is -2.33. The van der Waals surface area contributed by atoms with Crippen molar-refractivity contribution in [3.8, 4) is 5.75 Å². The zero-order valence-corrected chi connectivity index (χ0v) is 13.0. The van der Waals surface area contributed by atoms with Gasteiger partial charge in [0.25, 0.3) is 0 Å². The molecule has 0 spiro atoms. The van der Waals surface area contributed by atoms with Crippen LogP contribution in [-0.4, -0.2) is 18.5 Å². The van der Waals surface area contributed by atoms with E-state index < -0.39 is 0 Å². The van der Waals surface area contributed by atoms with Gasteiger partial charge in [-0.15, -0.1) is 12.4 Å². The zero-order valence-electron chi connectivity index (χ0n) is 12.1. The standard InChI is InChI=1S/C17H18N2O2.ClH/c18-16-10-11-19(17(16)20)14-6-8-15(9-7-14)21-12-13-4-2-1-3-5-13;/h1-9,16H,10-12,18H2;1H. The predicted octanol–water partition coefficient (Wildman–Crippen LogP) is 2.75.